The van der Waals surface area contributed by atoms with Gasteiger partial charge in [-0.2, -0.15) is 5.10 Å². The van der Waals surface area contributed by atoms with Gasteiger partial charge in [-0.05, 0) is 13.0 Å². The maximum Gasteiger partial charge on any atom is 1.00 e. The number of aryl methyl sites for hydroxylation is 1. The third kappa shape index (κ3) is 5.10. The van der Waals surface area contributed by atoms with Gasteiger partial charge in [-0.25, -0.2) is 4.39 Å². The fraction of sp³-hybridized carbons (Fsp3) is 0.250. The van der Waals surface area contributed by atoms with Crippen molar-refractivity contribution in [2.45, 2.75) is 20.1 Å². The standard InChI is InChI=1S/C12H12BF4N2O.K/c1-2-19-7-9(6-18-19)8-20-10-3-4-11(12(14)5-10)13(15,16)17;/h3-7H,2,8H2,1H3;/q-1;+1. The first kappa shape index (κ1) is 18.7. The molecule has 2 rings (SSSR count). The van der Waals surface area contributed by atoms with Crippen LogP contribution < -0.4 is 61.6 Å². The average molecular weight is 326 g/mol. The minimum absolute atomic E-state index is 0. The van der Waals surface area contributed by atoms with Crippen LogP contribution in [-0.2, 0) is 13.2 Å². The van der Waals surface area contributed by atoms with Crippen LogP contribution in [0.1, 0.15) is 12.5 Å². The molecule has 1 heterocycles. The molecule has 108 valence electrons. The predicted octanol–water partition coefficient (Wildman–Crippen LogP) is -0.321. The minimum atomic E-state index is -5.35. The normalized spacial score (nSPS) is 11.1. The van der Waals surface area contributed by atoms with Crippen molar-refractivity contribution >= 4 is 12.4 Å². The number of hydrogen-bond donors (Lipinski definition) is 0. The Morgan fingerprint density at radius 2 is 2.00 bits per heavy atom. The van der Waals surface area contributed by atoms with Gasteiger partial charge in [0, 0.05) is 24.4 Å². The van der Waals surface area contributed by atoms with E-state index in [1.807, 2.05) is 6.92 Å². The molecule has 21 heavy (non-hydrogen) atoms. The summed E-state index contributed by atoms with van der Waals surface area (Å²) in [6.45, 7) is -2.60. The number of nitrogens with zero attached hydrogens (tertiary/aromatic N) is 2. The molecular weight excluding hydrogens is 314 g/mol. The largest absolute Gasteiger partial charge is 1.00 e. The van der Waals surface area contributed by atoms with Crippen molar-refractivity contribution in [3.05, 3.63) is 42.0 Å². The van der Waals surface area contributed by atoms with Gasteiger partial charge in [0.25, 0.3) is 0 Å². The van der Waals surface area contributed by atoms with Gasteiger partial charge in [0.2, 0.25) is 0 Å². The van der Waals surface area contributed by atoms with Gasteiger partial charge in [-0.15, -0.1) is 0 Å². The Kier molecular flexibility index (Phi) is 6.92. The van der Waals surface area contributed by atoms with Gasteiger partial charge < -0.3 is 17.7 Å². The van der Waals surface area contributed by atoms with E-state index < -0.39 is 18.3 Å². The first-order valence-corrected chi connectivity index (χ1v) is 6.03. The number of benzene rings is 1. The van der Waals surface area contributed by atoms with Crippen LogP contribution in [0.25, 0.3) is 0 Å². The van der Waals surface area contributed by atoms with Crippen LogP contribution in [0.4, 0.5) is 17.3 Å². The molecule has 0 unspecified atom stereocenters. The zero-order chi connectivity index (χ0) is 14.8. The first-order valence-electron chi connectivity index (χ1n) is 6.03. The molecule has 0 aliphatic rings. The summed E-state index contributed by atoms with van der Waals surface area (Å²) in [5.41, 5.74) is -0.479. The molecule has 0 saturated heterocycles. The van der Waals surface area contributed by atoms with Gasteiger partial charge in [0.05, 0.1) is 12.0 Å². The monoisotopic (exact) mass is 326 g/mol. The van der Waals surface area contributed by atoms with E-state index in [9.17, 15) is 17.3 Å². The van der Waals surface area contributed by atoms with E-state index in [-0.39, 0.29) is 63.7 Å². The van der Waals surface area contributed by atoms with Crippen LogP contribution in [0.5, 0.6) is 5.75 Å². The molecule has 0 aliphatic heterocycles. The Morgan fingerprint density at radius 1 is 1.29 bits per heavy atom. The molecule has 0 atom stereocenters. The molecule has 0 radical (unpaired) electrons. The Bertz CT molecular complexity index is 603. The summed E-state index contributed by atoms with van der Waals surface area (Å²) in [6.07, 6.45) is 3.34. The summed E-state index contributed by atoms with van der Waals surface area (Å²) >= 11 is 0. The summed E-state index contributed by atoms with van der Waals surface area (Å²) < 4.78 is 57.6. The van der Waals surface area contributed by atoms with Crippen molar-refractivity contribution in [2.24, 2.45) is 0 Å². The van der Waals surface area contributed by atoms with Crippen LogP contribution in [0, 0.1) is 5.82 Å². The van der Waals surface area contributed by atoms with E-state index >= 15 is 0 Å². The SMILES string of the molecule is CCn1cc(COc2ccc([B-](F)(F)F)c(F)c2)cn1.[K+]. The van der Waals surface area contributed by atoms with Crippen LogP contribution >= 0.6 is 0 Å². The molecule has 9 heteroatoms. The molecule has 0 amide bonds. The second kappa shape index (κ2) is 7.78. The summed E-state index contributed by atoms with van der Waals surface area (Å²) in [5, 5.41) is 4.03. The fourth-order valence-electron chi connectivity index (χ4n) is 1.68. The fourth-order valence-corrected chi connectivity index (χ4v) is 1.68. The van der Waals surface area contributed by atoms with Crippen molar-refractivity contribution in [2.75, 3.05) is 0 Å². The molecule has 0 saturated carbocycles. The summed E-state index contributed by atoms with van der Waals surface area (Å²) in [7, 11) is 0. The van der Waals surface area contributed by atoms with Crippen LogP contribution in [0.15, 0.2) is 30.6 Å². The van der Waals surface area contributed by atoms with E-state index in [0.29, 0.717) is 12.6 Å². The smallest absolute Gasteiger partial charge is 0.489 e. The first-order chi connectivity index (χ1) is 9.40. The van der Waals surface area contributed by atoms with Gasteiger partial charge in [0.1, 0.15) is 12.4 Å². The maximum atomic E-state index is 13.3. The topological polar surface area (TPSA) is 27.1 Å². The van der Waals surface area contributed by atoms with Crippen molar-refractivity contribution in [3.63, 3.8) is 0 Å². The molecule has 3 nitrogen and oxygen atoms in total. The van der Waals surface area contributed by atoms with E-state index in [0.717, 1.165) is 17.7 Å². The molecule has 0 fully saturated rings. The number of rotatable bonds is 5. The number of halogens is 4. The number of ether oxygens (including phenoxy) is 1. The van der Waals surface area contributed by atoms with E-state index in [1.54, 1.807) is 17.1 Å². The third-order valence-corrected chi connectivity index (χ3v) is 2.74. The Hall–Kier alpha value is -0.349. The zero-order valence-corrected chi connectivity index (χ0v) is 14.8. The molecule has 0 spiro atoms. The quantitative estimate of drug-likeness (QED) is 0.556. The molecular formula is C12H12BF4KN2O. The van der Waals surface area contributed by atoms with Crippen LogP contribution in [0.3, 0.4) is 0 Å². The van der Waals surface area contributed by atoms with E-state index in [2.05, 4.69) is 5.10 Å². The zero-order valence-electron chi connectivity index (χ0n) is 11.7. The molecule has 1 aromatic carbocycles. The minimum Gasteiger partial charge on any atom is -0.489 e. The van der Waals surface area contributed by atoms with Crippen molar-refractivity contribution < 1.29 is 73.5 Å². The van der Waals surface area contributed by atoms with Crippen molar-refractivity contribution in [3.8, 4) is 5.75 Å². The van der Waals surface area contributed by atoms with Crippen LogP contribution in [-0.4, -0.2) is 16.8 Å². The van der Waals surface area contributed by atoms with Crippen molar-refractivity contribution in [1.82, 2.24) is 9.78 Å². The number of aromatic nitrogens is 2. The summed E-state index contributed by atoms with van der Waals surface area (Å²) in [4.78, 5) is 0. The predicted molar refractivity (Wildman–Crippen MR) is 67.3 cm³/mol. The molecule has 0 aliphatic carbocycles. The molecule has 0 N–H and O–H groups in total. The molecule has 0 bridgehead atoms. The van der Waals surface area contributed by atoms with Gasteiger partial charge in [-0.3, -0.25) is 4.68 Å². The third-order valence-electron chi connectivity index (χ3n) is 2.74. The van der Waals surface area contributed by atoms with E-state index in [4.69, 9.17) is 4.74 Å². The second-order valence-corrected chi connectivity index (χ2v) is 4.25. The Balaban J connectivity index is 0.00000220. The number of hydrogen-bond acceptors (Lipinski definition) is 2. The van der Waals surface area contributed by atoms with Gasteiger partial charge in [0.15, 0.2) is 0 Å². The van der Waals surface area contributed by atoms with Crippen molar-refractivity contribution in [1.29, 1.82) is 0 Å². The molecule has 2 aromatic rings. The van der Waals surface area contributed by atoms with E-state index in [1.165, 1.54) is 0 Å². The average Bonchev–Trinajstić information content (AvgIpc) is 2.83. The molecule has 1 aromatic heterocycles. The van der Waals surface area contributed by atoms with Gasteiger partial charge >= 0.3 is 58.4 Å². The summed E-state index contributed by atoms with van der Waals surface area (Å²) in [6, 6.07) is 2.55. The Morgan fingerprint density at radius 3 is 2.52 bits per heavy atom. The van der Waals surface area contributed by atoms with Crippen LogP contribution in [0.2, 0.25) is 0 Å². The van der Waals surface area contributed by atoms with Gasteiger partial charge in [-0.1, -0.05) is 11.5 Å². The summed E-state index contributed by atoms with van der Waals surface area (Å²) in [5.74, 6) is -1.27. The maximum absolute atomic E-state index is 13.3. The Labute approximate surface area is 162 Å². The second-order valence-electron chi connectivity index (χ2n) is 4.25.